The first-order valence-electron chi connectivity index (χ1n) is 6.45. The molecule has 0 aliphatic rings. The summed E-state index contributed by atoms with van der Waals surface area (Å²) in [4.78, 5) is 21.6. The number of hydrogen-bond acceptors (Lipinski definition) is 4. The summed E-state index contributed by atoms with van der Waals surface area (Å²) in [6, 6.07) is 6.74. The van der Waals surface area contributed by atoms with Crippen LogP contribution in [0.25, 0.3) is 0 Å². The molecule has 0 aliphatic carbocycles. The lowest BCUT2D eigenvalue weighted by molar-refractivity contribution is 0.100. The highest BCUT2D eigenvalue weighted by atomic mass is 127. The average molecular weight is 432 g/mol. The summed E-state index contributed by atoms with van der Waals surface area (Å²) >= 11 is 1.89. The third-order valence-electron chi connectivity index (χ3n) is 2.89. The monoisotopic (exact) mass is 432 g/mol. The molecule has 4 nitrogen and oxygen atoms in total. The standard InChI is InChI=1S/C8H7FINO.C8H8FNO/c1-4(12)5-2-6(9)8(11)7(10)3-5;1-5(11)6-2-3-8(10)7(9)4-6/h2-3H,11H2,1H3;2-4H,10H2,1H3. The van der Waals surface area contributed by atoms with Gasteiger partial charge in [0.05, 0.1) is 11.4 Å². The highest BCUT2D eigenvalue weighted by molar-refractivity contribution is 14.1. The van der Waals surface area contributed by atoms with E-state index in [1.54, 1.807) is 6.07 Å². The van der Waals surface area contributed by atoms with Crippen molar-refractivity contribution in [1.29, 1.82) is 0 Å². The van der Waals surface area contributed by atoms with E-state index in [9.17, 15) is 18.4 Å². The van der Waals surface area contributed by atoms with Gasteiger partial charge in [-0.25, -0.2) is 8.78 Å². The molecule has 0 saturated heterocycles. The van der Waals surface area contributed by atoms with Gasteiger partial charge in [0, 0.05) is 14.7 Å². The minimum Gasteiger partial charge on any atom is -0.396 e. The second kappa shape index (κ2) is 8.00. The molecule has 4 N–H and O–H groups in total. The highest BCUT2D eigenvalue weighted by Crippen LogP contribution is 2.20. The number of hydrogen-bond donors (Lipinski definition) is 2. The Bertz CT molecular complexity index is 741. The van der Waals surface area contributed by atoms with Crippen molar-refractivity contribution < 1.29 is 18.4 Å². The number of benzene rings is 2. The molecule has 0 fully saturated rings. The third-order valence-corrected chi connectivity index (χ3v) is 3.79. The predicted molar refractivity (Wildman–Crippen MR) is 94.4 cm³/mol. The second-order valence-corrected chi connectivity index (χ2v) is 5.86. The highest BCUT2D eigenvalue weighted by Gasteiger charge is 2.07. The summed E-state index contributed by atoms with van der Waals surface area (Å²) < 4.78 is 26.1. The molecule has 0 atom stereocenters. The van der Waals surface area contributed by atoms with Gasteiger partial charge < -0.3 is 11.5 Å². The smallest absolute Gasteiger partial charge is 0.159 e. The maximum atomic E-state index is 12.9. The first-order valence-corrected chi connectivity index (χ1v) is 7.52. The van der Waals surface area contributed by atoms with Crippen LogP contribution in [0, 0.1) is 15.2 Å². The molecule has 122 valence electrons. The molecule has 7 heteroatoms. The zero-order valence-corrected chi connectivity index (χ0v) is 14.6. The van der Waals surface area contributed by atoms with E-state index in [1.165, 1.54) is 26.0 Å². The van der Waals surface area contributed by atoms with Crippen molar-refractivity contribution in [3.05, 3.63) is 56.7 Å². The Balaban J connectivity index is 0.000000231. The van der Waals surface area contributed by atoms with E-state index in [0.717, 1.165) is 12.1 Å². The molecule has 23 heavy (non-hydrogen) atoms. The van der Waals surface area contributed by atoms with E-state index in [0.29, 0.717) is 14.7 Å². The Labute approximate surface area is 146 Å². The molecule has 0 unspecified atom stereocenters. The lowest BCUT2D eigenvalue weighted by Crippen LogP contribution is -1.99. The Morgan fingerprint density at radius 3 is 1.87 bits per heavy atom. The van der Waals surface area contributed by atoms with Gasteiger partial charge in [-0.3, -0.25) is 9.59 Å². The summed E-state index contributed by atoms with van der Waals surface area (Å²) in [5, 5.41) is 0. The van der Waals surface area contributed by atoms with E-state index >= 15 is 0 Å². The number of nitrogens with two attached hydrogens (primary N) is 2. The van der Waals surface area contributed by atoms with Crippen LogP contribution in [-0.4, -0.2) is 11.6 Å². The van der Waals surface area contributed by atoms with Crippen LogP contribution in [0.3, 0.4) is 0 Å². The van der Waals surface area contributed by atoms with Gasteiger partial charge in [0.1, 0.15) is 11.6 Å². The van der Waals surface area contributed by atoms with Crippen LogP contribution < -0.4 is 11.5 Å². The quantitative estimate of drug-likeness (QED) is 0.429. The average Bonchev–Trinajstić information content (AvgIpc) is 2.47. The van der Waals surface area contributed by atoms with E-state index in [1.807, 2.05) is 22.6 Å². The number of carbonyl (C=O) groups excluding carboxylic acids is 2. The molecular weight excluding hydrogens is 417 g/mol. The summed E-state index contributed by atoms with van der Waals surface area (Å²) in [6.45, 7) is 2.77. The van der Waals surface area contributed by atoms with Crippen LogP contribution >= 0.6 is 22.6 Å². The molecule has 0 spiro atoms. The van der Waals surface area contributed by atoms with Crippen LogP contribution in [0.5, 0.6) is 0 Å². The number of carbonyl (C=O) groups is 2. The molecule has 2 aromatic rings. The second-order valence-electron chi connectivity index (χ2n) is 4.70. The van der Waals surface area contributed by atoms with Gasteiger partial charge in [0.15, 0.2) is 11.6 Å². The summed E-state index contributed by atoms with van der Waals surface area (Å²) in [6.07, 6.45) is 0. The Hall–Kier alpha value is -2.03. The lowest BCUT2D eigenvalue weighted by Gasteiger charge is -2.02. The van der Waals surface area contributed by atoms with E-state index in [2.05, 4.69) is 0 Å². The number of halogens is 3. The number of nitrogen functional groups attached to an aromatic ring is 2. The minimum atomic E-state index is -0.544. The molecule has 0 radical (unpaired) electrons. The van der Waals surface area contributed by atoms with E-state index in [4.69, 9.17) is 11.5 Å². The van der Waals surface area contributed by atoms with Gasteiger partial charge in [-0.1, -0.05) is 0 Å². The molecule has 0 bridgehead atoms. The number of rotatable bonds is 2. The fraction of sp³-hybridized carbons (Fsp3) is 0.125. The van der Waals surface area contributed by atoms with Gasteiger partial charge >= 0.3 is 0 Å². The largest absolute Gasteiger partial charge is 0.396 e. The summed E-state index contributed by atoms with van der Waals surface area (Å²) in [7, 11) is 0. The molecule has 0 heterocycles. The summed E-state index contributed by atoms with van der Waals surface area (Å²) in [5.41, 5.74) is 11.4. The SMILES string of the molecule is CC(=O)c1cc(F)c(N)c(I)c1.CC(=O)c1ccc(N)c(F)c1. The lowest BCUT2D eigenvalue weighted by atomic mass is 10.1. The van der Waals surface area contributed by atoms with E-state index < -0.39 is 11.6 Å². The normalized spacial score (nSPS) is 9.78. The maximum absolute atomic E-state index is 12.9. The number of Topliss-reactive ketones (excluding diaryl/α,β-unsaturated/α-hetero) is 2. The van der Waals surface area contributed by atoms with Crippen molar-refractivity contribution in [2.24, 2.45) is 0 Å². The zero-order chi connectivity index (χ0) is 17.7. The van der Waals surface area contributed by atoms with Crippen molar-refractivity contribution in [3.63, 3.8) is 0 Å². The van der Waals surface area contributed by atoms with Crippen molar-refractivity contribution in [1.82, 2.24) is 0 Å². The molecule has 2 rings (SSSR count). The van der Waals surface area contributed by atoms with Crippen LogP contribution in [0.4, 0.5) is 20.2 Å². The van der Waals surface area contributed by atoms with Crippen molar-refractivity contribution in [3.8, 4) is 0 Å². The first-order chi connectivity index (χ1) is 10.6. The van der Waals surface area contributed by atoms with Crippen LogP contribution in [-0.2, 0) is 0 Å². The van der Waals surface area contributed by atoms with Gasteiger partial charge in [-0.05, 0) is 66.8 Å². The molecule has 0 saturated carbocycles. The van der Waals surface area contributed by atoms with Gasteiger partial charge in [0.25, 0.3) is 0 Å². The van der Waals surface area contributed by atoms with Crippen LogP contribution in [0.2, 0.25) is 0 Å². The number of ketones is 2. The molecule has 0 aliphatic heterocycles. The van der Waals surface area contributed by atoms with Crippen LogP contribution in [0.1, 0.15) is 34.6 Å². The Morgan fingerprint density at radius 2 is 1.43 bits per heavy atom. The fourth-order valence-electron chi connectivity index (χ4n) is 1.53. The zero-order valence-electron chi connectivity index (χ0n) is 12.5. The fourth-order valence-corrected chi connectivity index (χ4v) is 2.13. The Kier molecular flexibility index (Phi) is 6.62. The van der Waals surface area contributed by atoms with Gasteiger partial charge in [-0.2, -0.15) is 0 Å². The molecular formula is C16H15F2IN2O2. The van der Waals surface area contributed by atoms with Crippen molar-refractivity contribution in [2.75, 3.05) is 11.5 Å². The number of anilines is 2. The van der Waals surface area contributed by atoms with Gasteiger partial charge in [0.2, 0.25) is 0 Å². The topological polar surface area (TPSA) is 86.2 Å². The van der Waals surface area contributed by atoms with Crippen LogP contribution in [0.15, 0.2) is 30.3 Å². The Morgan fingerprint density at radius 1 is 0.913 bits per heavy atom. The maximum Gasteiger partial charge on any atom is 0.159 e. The summed E-state index contributed by atoms with van der Waals surface area (Å²) in [5.74, 6) is -1.40. The third kappa shape index (κ3) is 5.27. The van der Waals surface area contributed by atoms with Gasteiger partial charge in [-0.15, -0.1) is 0 Å². The molecule has 2 aromatic carbocycles. The minimum absolute atomic E-state index is 0.0648. The van der Waals surface area contributed by atoms with E-state index in [-0.39, 0.29) is 22.9 Å². The first kappa shape index (κ1) is 19.0. The van der Waals surface area contributed by atoms with Crippen molar-refractivity contribution in [2.45, 2.75) is 13.8 Å². The van der Waals surface area contributed by atoms with Crippen molar-refractivity contribution >= 4 is 45.5 Å². The predicted octanol–water partition coefficient (Wildman–Crippen LogP) is 3.83. The molecule has 0 aromatic heterocycles. The molecule has 0 amide bonds.